The summed E-state index contributed by atoms with van der Waals surface area (Å²) in [5, 5.41) is 2.43. The Morgan fingerprint density at radius 3 is 2.62 bits per heavy atom. The number of hydrogen-bond acceptors (Lipinski definition) is 8. The SMILES string of the molecule is CN(CCc1ccccn1)C(=O)OCOC(=O)N[C@@H](Cc1cnc[nH]1)C(=O)OC(C)(C)C. The zero-order valence-electron chi connectivity index (χ0n) is 18.7. The standard InChI is InChI=1S/C21H29N5O6/c1-21(2,3)32-18(27)17(11-16-12-22-13-24-16)25-19(28)30-14-31-20(29)26(4)10-8-15-7-5-6-9-23-15/h5-7,9,12-13,17H,8,10-11,14H2,1-4H3,(H,22,24)(H,25,28)/t17-/m0/s1. The van der Waals surface area contributed by atoms with Crippen LogP contribution in [0.3, 0.4) is 0 Å². The third kappa shape index (κ3) is 9.02. The molecule has 0 aliphatic carbocycles. The second kappa shape index (κ2) is 11.7. The van der Waals surface area contributed by atoms with Crippen LogP contribution in [0.2, 0.25) is 0 Å². The van der Waals surface area contributed by atoms with Crippen molar-refractivity contribution in [1.29, 1.82) is 0 Å². The molecule has 2 rings (SSSR count). The van der Waals surface area contributed by atoms with Crippen molar-refractivity contribution in [3.63, 3.8) is 0 Å². The van der Waals surface area contributed by atoms with Gasteiger partial charge < -0.3 is 29.4 Å². The number of nitrogens with zero attached hydrogens (tertiary/aromatic N) is 3. The minimum absolute atomic E-state index is 0.125. The average Bonchev–Trinajstić information content (AvgIpc) is 3.24. The van der Waals surface area contributed by atoms with Crippen molar-refractivity contribution in [3.05, 3.63) is 48.3 Å². The molecule has 2 N–H and O–H groups in total. The average molecular weight is 447 g/mol. The number of ether oxygens (including phenoxy) is 3. The minimum Gasteiger partial charge on any atom is -0.458 e. The predicted octanol–water partition coefficient (Wildman–Crippen LogP) is 2.05. The number of carbonyl (C=O) groups excluding carboxylic acids is 3. The molecule has 2 amide bonds. The number of aromatic amines is 1. The van der Waals surface area contributed by atoms with Gasteiger partial charge in [0.15, 0.2) is 0 Å². The maximum atomic E-state index is 12.5. The molecule has 0 fully saturated rings. The Morgan fingerprint density at radius 2 is 2.00 bits per heavy atom. The van der Waals surface area contributed by atoms with Crippen molar-refractivity contribution in [2.24, 2.45) is 0 Å². The lowest BCUT2D eigenvalue weighted by Gasteiger charge is -2.24. The van der Waals surface area contributed by atoms with Crippen molar-refractivity contribution in [3.8, 4) is 0 Å². The second-order valence-corrected chi connectivity index (χ2v) is 7.96. The Bertz CT molecular complexity index is 867. The van der Waals surface area contributed by atoms with Gasteiger partial charge in [-0.25, -0.2) is 19.4 Å². The molecule has 0 bridgehead atoms. The molecule has 2 aromatic heterocycles. The van der Waals surface area contributed by atoms with E-state index in [1.54, 1.807) is 34.0 Å². The third-order valence-electron chi connectivity index (χ3n) is 4.08. The van der Waals surface area contributed by atoms with Gasteiger partial charge in [0.1, 0.15) is 11.6 Å². The molecule has 32 heavy (non-hydrogen) atoms. The highest BCUT2D eigenvalue weighted by Crippen LogP contribution is 2.11. The molecule has 0 spiro atoms. The summed E-state index contributed by atoms with van der Waals surface area (Å²) in [4.78, 5) is 48.9. The van der Waals surface area contributed by atoms with Crippen LogP contribution >= 0.6 is 0 Å². The summed E-state index contributed by atoms with van der Waals surface area (Å²) in [5.74, 6) is -0.629. The van der Waals surface area contributed by atoms with Crippen molar-refractivity contribution in [2.75, 3.05) is 20.4 Å². The lowest BCUT2D eigenvalue weighted by molar-refractivity contribution is -0.157. The number of H-pyrrole nitrogens is 1. The number of nitrogens with one attached hydrogen (secondary N) is 2. The zero-order chi connectivity index (χ0) is 23.6. The molecule has 2 aromatic rings. The fourth-order valence-corrected chi connectivity index (χ4v) is 2.53. The molecule has 0 saturated heterocycles. The number of hydrogen-bond donors (Lipinski definition) is 2. The summed E-state index contributed by atoms with van der Waals surface area (Å²) in [5.41, 5.74) is 0.736. The van der Waals surface area contributed by atoms with Gasteiger partial charge in [-0.2, -0.15) is 0 Å². The Balaban J connectivity index is 1.78. The molecule has 11 nitrogen and oxygen atoms in total. The van der Waals surface area contributed by atoms with Crippen LogP contribution in [-0.2, 0) is 31.8 Å². The van der Waals surface area contributed by atoms with Crippen molar-refractivity contribution in [1.82, 2.24) is 25.2 Å². The number of pyridine rings is 1. The van der Waals surface area contributed by atoms with E-state index in [4.69, 9.17) is 14.2 Å². The van der Waals surface area contributed by atoms with Crippen molar-refractivity contribution in [2.45, 2.75) is 45.3 Å². The zero-order valence-corrected chi connectivity index (χ0v) is 18.7. The first-order chi connectivity index (χ1) is 15.1. The van der Waals surface area contributed by atoms with Crippen LogP contribution < -0.4 is 5.32 Å². The number of aromatic nitrogens is 3. The van der Waals surface area contributed by atoms with Gasteiger partial charge in [-0.05, 0) is 32.9 Å². The van der Waals surface area contributed by atoms with Crippen LogP contribution in [0.5, 0.6) is 0 Å². The fraction of sp³-hybridized carbons (Fsp3) is 0.476. The van der Waals surface area contributed by atoms with E-state index in [2.05, 4.69) is 20.3 Å². The van der Waals surface area contributed by atoms with Gasteiger partial charge in [-0.15, -0.1) is 0 Å². The van der Waals surface area contributed by atoms with E-state index in [0.29, 0.717) is 18.7 Å². The molecule has 0 aromatic carbocycles. The van der Waals surface area contributed by atoms with Gasteiger partial charge in [0, 0.05) is 50.2 Å². The molecule has 0 radical (unpaired) electrons. The minimum atomic E-state index is -1.01. The lowest BCUT2D eigenvalue weighted by Crippen LogP contribution is -2.46. The maximum Gasteiger partial charge on any atom is 0.412 e. The number of rotatable bonds is 9. The quantitative estimate of drug-likeness (QED) is 0.440. The van der Waals surface area contributed by atoms with Crippen LogP contribution in [0, 0.1) is 0 Å². The van der Waals surface area contributed by atoms with Gasteiger partial charge in [0.2, 0.25) is 6.79 Å². The van der Waals surface area contributed by atoms with Crippen LogP contribution in [0.4, 0.5) is 9.59 Å². The molecule has 0 aliphatic heterocycles. The molecule has 2 heterocycles. The topological polar surface area (TPSA) is 136 Å². The molecule has 1 atom stereocenters. The van der Waals surface area contributed by atoms with Gasteiger partial charge in [0.05, 0.1) is 6.33 Å². The van der Waals surface area contributed by atoms with Crippen LogP contribution in [0.1, 0.15) is 32.2 Å². The first-order valence-corrected chi connectivity index (χ1v) is 10.1. The highest BCUT2D eigenvalue weighted by Gasteiger charge is 2.28. The Morgan fingerprint density at radius 1 is 1.22 bits per heavy atom. The first-order valence-electron chi connectivity index (χ1n) is 10.1. The monoisotopic (exact) mass is 447 g/mol. The Labute approximate surface area is 186 Å². The predicted molar refractivity (Wildman–Crippen MR) is 113 cm³/mol. The van der Waals surface area contributed by atoms with Crippen molar-refractivity contribution >= 4 is 18.2 Å². The van der Waals surface area contributed by atoms with Crippen LogP contribution in [0.15, 0.2) is 36.9 Å². The van der Waals surface area contributed by atoms with Gasteiger partial charge in [-0.3, -0.25) is 4.98 Å². The smallest absolute Gasteiger partial charge is 0.412 e. The van der Waals surface area contributed by atoms with E-state index in [1.165, 1.54) is 17.4 Å². The van der Waals surface area contributed by atoms with E-state index >= 15 is 0 Å². The summed E-state index contributed by atoms with van der Waals surface area (Å²) in [6.07, 6.45) is 3.77. The van der Waals surface area contributed by atoms with Crippen LogP contribution in [-0.4, -0.2) is 70.0 Å². The number of esters is 1. The first kappa shape index (κ1) is 24.6. The molecular formula is C21H29N5O6. The van der Waals surface area contributed by atoms with E-state index < -0.39 is 36.6 Å². The second-order valence-electron chi connectivity index (χ2n) is 7.96. The molecule has 0 saturated carbocycles. The fourth-order valence-electron chi connectivity index (χ4n) is 2.53. The molecule has 11 heteroatoms. The largest absolute Gasteiger partial charge is 0.458 e. The molecule has 174 valence electrons. The lowest BCUT2D eigenvalue weighted by atomic mass is 10.1. The summed E-state index contributed by atoms with van der Waals surface area (Å²) < 4.78 is 15.2. The number of carbonyl (C=O) groups is 3. The summed E-state index contributed by atoms with van der Waals surface area (Å²) in [7, 11) is 1.56. The highest BCUT2D eigenvalue weighted by molar-refractivity contribution is 5.82. The van der Waals surface area contributed by atoms with Gasteiger partial charge >= 0.3 is 18.2 Å². The Hall–Kier alpha value is -3.63. The molecular weight excluding hydrogens is 418 g/mol. The number of alkyl carbamates (subject to hydrolysis) is 1. The van der Waals surface area contributed by atoms with E-state index in [9.17, 15) is 14.4 Å². The van der Waals surface area contributed by atoms with E-state index in [1.807, 2.05) is 18.2 Å². The third-order valence-corrected chi connectivity index (χ3v) is 4.08. The molecule has 0 aliphatic rings. The summed E-state index contributed by atoms with van der Waals surface area (Å²) >= 11 is 0. The Kier molecular flexibility index (Phi) is 8.99. The maximum absolute atomic E-state index is 12.5. The number of imidazole rings is 1. The van der Waals surface area contributed by atoms with Crippen molar-refractivity contribution < 1.29 is 28.6 Å². The van der Waals surface area contributed by atoms with E-state index in [-0.39, 0.29) is 6.42 Å². The highest BCUT2D eigenvalue weighted by atomic mass is 16.7. The summed E-state index contributed by atoms with van der Waals surface area (Å²) in [6, 6.07) is 4.52. The summed E-state index contributed by atoms with van der Waals surface area (Å²) in [6.45, 7) is 4.94. The van der Waals surface area contributed by atoms with Gasteiger partial charge in [-0.1, -0.05) is 6.07 Å². The van der Waals surface area contributed by atoms with E-state index in [0.717, 1.165) is 5.69 Å². The molecule has 0 unspecified atom stereocenters. The normalized spacial score (nSPS) is 11.9. The van der Waals surface area contributed by atoms with Crippen LogP contribution in [0.25, 0.3) is 0 Å². The number of likely N-dealkylation sites (N-methyl/N-ethyl adjacent to an activating group) is 1. The van der Waals surface area contributed by atoms with Gasteiger partial charge in [0.25, 0.3) is 0 Å². The number of amides is 2.